The fourth-order valence-electron chi connectivity index (χ4n) is 5.93. The van der Waals surface area contributed by atoms with Gasteiger partial charge in [-0.05, 0) is 47.1 Å². The zero-order chi connectivity index (χ0) is 35.0. The average molecular weight is 668 g/mol. The van der Waals surface area contributed by atoms with Gasteiger partial charge in [0.15, 0.2) is 0 Å². The van der Waals surface area contributed by atoms with Crippen LogP contribution in [0.4, 0.5) is 4.79 Å². The Balaban J connectivity index is 1.25. The fourth-order valence-corrected chi connectivity index (χ4v) is 5.93. The van der Waals surface area contributed by atoms with Gasteiger partial charge in [-0.25, -0.2) is 9.59 Å². The standard InChI is InChI=1S/C39H45N3O7/c1-3-5-20-35(41-39(47)49-27-34-32-18-11-9-16-30(32)31-17-10-12-19-33(31)34)38(46)48-24-21-40-37(45)29(13-4-2)25-36(44)42(22-23-43)26-28-14-7-6-8-15-28/h3-4,6-12,14-19,29,34-35,43H,1-2,5,13,20-27H2,(H,40,45)(H,41,47). The van der Waals surface area contributed by atoms with Crippen molar-refractivity contribution >= 4 is 23.9 Å². The van der Waals surface area contributed by atoms with Crippen molar-refractivity contribution in [1.29, 1.82) is 0 Å². The van der Waals surface area contributed by atoms with Gasteiger partial charge in [-0.3, -0.25) is 9.59 Å². The molecule has 10 nitrogen and oxygen atoms in total. The number of nitrogens with zero attached hydrogens (tertiary/aromatic N) is 1. The van der Waals surface area contributed by atoms with E-state index in [9.17, 15) is 24.3 Å². The number of carbonyl (C=O) groups excluding carboxylic acids is 4. The van der Waals surface area contributed by atoms with Crippen LogP contribution in [0.5, 0.6) is 0 Å². The van der Waals surface area contributed by atoms with Gasteiger partial charge in [-0.15, -0.1) is 13.2 Å². The molecule has 0 saturated heterocycles. The fraction of sp³-hybridized carbons (Fsp3) is 0.333. The summed E-state index contributed by atoms with van der Waals surface area (Å²) in [5, 5.41) is 14.9. The van der Waals surface area contributed by atoms with E-state index in [1.807, 2.05) is 66.7 Å². The van der Waals surface area contributed by atoms with Gasteiger partial charge >= 0.3 is 12.1 Å². The molecule has 0 saturated carbocycles. The molecule has 3 aromatic carbocycles. The number of amides is 3. The zero-order valence-corrected chi connectivity index (χ0v) is 27.7. The summed E-state index contributed by atoms with van der Waals surface area (Å²) in [6.45, 7) is 7.65. The minimum atomic E-state index is -0.974. The molecule has 3 amide bonds. The number of hydrogen-bond donors (Lipinski definition) is 3. The molecule has 2 unspecified atom stereocenters. The topological polar surface area (TPSA) is 134 Å². The van der Waals surface area contributed by atoms with E-state index in [2.05, 4.69) is 35.9 Å². The molecule has 2 atom stereocenters. The highest BCUT2D eigenvalue weighted by atomic mass is 16.6. The summed E-state index contributed by atoms with van der Waals surface area (Å²) >= 11 is 0. The smallest absolute Gasteiger partial charge is 0.407 e. The number of carbonyl (C=O) groups is 4. The molecule has 0 aliphatic heterocycles. The molecule has 0 bridgehead atoms. The van der Waals surface area contributed by atoms with Gasteiger partial charge in [0.2, 0.25) is 11.8 Å². The number of alkyl carbamates (subject to hydrolysis) is 1. The quantitative estimate of drug-likeness (QED) is 0.0918. The predicted molar refractivity (Wildman–Crippen MR) is 187 cm³/mol. The van der Waals surface area contributed by atoms with Gasteiger partial charge in [0.05, 0.1) is 19.1 Å². The third-order valence-corrected chi connectivity index (χ3v) is 8.41. The van der Waals surface area contributed by atoms with Gasteiger partial charge < -0.3 is 30.1 Å². The number of aliphatic hydroxyl groups excluding tert-OH is 1. The normalized spacial score (nSPS) is 12.8. The molecule has 4 rings (SSSR count). The molecule has 0 radical (unpaired) electrons. The van der Waals surface area contributed by atoms with Crippen LogP contribution in [0.15, 0.2) is 104 Å². The molecule has 0 fully saturated rings. The van der Waals surface area contributed by atoms with E-state index in [4.69, 9.17) is 9.47 Å². The molecular formula is C39H45N3O7. The first kappa shape index (κ1) is 36.6. The Labute approximate surface area is 287 Å². The second kappa shape index (κ2) is 18.9. The maximum absolute atomic E-state index is 13.1. The van der Waals surface area contributed by atoms with Crippen LogP contribution in [0.2, 0.25) is 0 Å². The van der Waals surface area contributed by atoms with Crippen LogP contribution in [0, 0.1) is 5.92 Å². The predicted octanol–water partition coefficient (Wildman–Crippen LogP) is 5.12. The summed E-state index contributed by atoms with van der Waals surface area (Å²) < 4.78 is 11.0. The van der Waals surface area contributed by atoms with E-state index in [0.29, 0.717) is 13.0 Å². The molecule has 10 heteroatoms. The van der Waals surface area contributed by atoms with Crippen LogP contribution in [0.25, 0.3) is 11.1 Å². The SMILES string of the molecule is C=CCCC(NC(=O)OCC1c2ccccc2-c2ccccc21)C(=O)OCCNC(=O)C(CC=C)CC(=O)N(CCO)Cc1ccccc1. The van der Waals surface area contributed by atoms with E-state index in [-0.39, 0.29) is 69.9 Å². The molecule has 258 valence electrons. The summed E-state index contributed by atoms with van der Waals surface area (Å²) in [6.07, 6.45) is 3.39. The third kappa shape index (κ3) is 10.4. The van der Waals surface area contributed by atoms with Gasteiger partial charge in [0.1, 0.15) is 19.3 Å². The number of aliphatic hydroxyl groups is 1. The second-order valence-electron chi connectivity index (χ2n) is 11.8. The Morgan fingerprint density at radius 1 is 0.878 bits per heavy atom. The van der Waals surface area contributed by atoms with Crippen molar-refractivity contribution in [2.75, 3.05) is 32.9 Å². The Bertz CT molecular complexity index is 1550. The molecule has 0 heterocycles. The maximum atomic E-state index is 13.1. The van der Waals surface area contributed by atoms with Gasteiger partial charge in [0.25, 0.3) is 0 Å². The van der Waals surface area contributed by atoms with E-state index in [1.165, 1.54) is 4.90 Å². The number of nitrogens with one attached hydrogen (secondary N) is 2. The van der Waals surface area contributed by atoms with Crippen LogP contribution in [-0.2, 0) is 30.4 Å². The molecule has 1 aliphatic rings. The van der Waals surface area contributed by atoms with Gasteiger partial charge in [-0.1, -0.05) is 91.0 Å². The van der Waals surface area contributed by atoms with Crippen molar-refractivity contribution in [3.05, 3.63) is 121 Å². The lowest BCUT2D eigenvalue weighted by atomic mass is 9.98. The Morgan fingerprint density at radius 2 is 1.53 bits per heavy atom. The highest BCUT2D eigenvalue weighted by molar-refractivity contribution is 5.86. The highest BCUT2D eigenvalue weighted by Crippen LogP contribution is 2.44. The molecular weight excluding hydrogens is 622 g/mol. The molecule has 1 aliphatic carbocycles. The number of allylic oxidation sites excluding steroid dienone is 2. The molecule has 49 heavy (non-hydrogen) atoms. The van der Waals surface area contributed by atoms with Crippen molar-refractivity contribution < 1.29 is 33.8 Å². The van der Waals surface area contributed by atoms with Crippen LogP contribution in [0.1, 0.15) is 48.3 Å². The monoisotopic (exact) mass is 667 g/mol. The minimum Gasteiger partial charge on any atom is -0.462 e. The summed E-state index contributed by atoms with van der Waals surface area (Å²) in [5.74, 6) is -2.12. The number of rotatable bonds is 19. The largest absolute Gasteiger partial charge is 0.462 e. The average Bonchev–Trinajstić information content (AvgIpc) is 3.44. The Hall–Kier alpha value is -5.22. The van der Waals surface area contributed by atoms with E-state index >= 15 is 0 Å². The number of hydrogen-bond acceptors (Lipinski definition) is 7. The van der Waals surface area contributed by atoms with E-state index in [0.717, 1.165) is 27.8 Å². The van der Waals surface area contributed by atoms with Crippen molar-refractivity contribution in [3.63, 3.8) is 0 Å². The van der Waals surface area contributed by atoms with Gasteiger partial charge in [-0.2, -0.15) is 0 Å². The lowest BCUT2D eigenvalue weighted by Gasteiger charge is -2.24. The molecule has 0 aromatic heterocycles. The highest BCUT2D eigenvalue weighted by Gasteiger charge is 2.30. The second-order valence-corrected chi connectivity index (χ2v) is 11.8. The summed E-state index contributed by atoms with van der Waals surface area (Å²) in [5.41, 5.74) is 5.29. The number of benzene rings is 3. The minimum absolute atomic E-state index is 0.00982. The maximum Gasteiger partial charge on any atom is 0.407 e. The summed E-state index contributed by atoms with van der Waals surface area (Å²) in [4.78, 5) is 53.5. The van der Waals surface area contributed by atoms with Crippen LogP contribution < -0.4 is 10.6 Å². The molecule has 3 aromatic rings. The number of fused-ring (bicyclic) bond motifs is 3. The summed E-state index contributed by atoms with van der Waals surface area (Å²) in [7, 11) is 0. The Morgan fingerprint density at radius 3 is 2.16 bits per heavy atom. The van der Waals surface area contributed by atoms with Gasteiger partial charge in [0, 0.05) is 25.4 Å². The Kier molecular flexibility index (Phi) is 14.2. The van der Waals surface area contributed by atoms with E-state index < -0.39 is 24.0 Å². The van der Waals surface area contributed by atoms with Crippen LogP contribution in [-0.4, -0.2) is 72.8 Å². The molecule has 0 spiro atoms. The molecule has 3 N–H and O–H groups in total. The first-order valence-corrected chi connectivity index (χ1v) is 16.6. The van der Waals surface area contributed by atoms with Crippen molar-refractivity contribution in [2.24, 2.45) is 5.92 Å². The van der Waals surface area contributed by atoms with Crippen molar-refractivity contribution in [1.82, 2.24) is 15.5 Å². The van der Waals surface area contributed by atoms with E-state index in [1.54, 1.807) is 12.2 Å². The van der Waals surface area contributed by atoms with Crippen LogP contribution in [0.3, 0.4) is 0 Å². The lowest BCUT2D eigenvalue weighted by molar-refractivity contribution is -0.146. The summed E-state index contributed by atoms with van der Waals surface area (Å²) in [6, 6.07) is 24.5. The lowest BCUT2D eigenvalue weighted by Crippen LogP contribution is -2.43. The van der Waals surface area contributed by atoms with Crippen molar-refractivity contribution in [3.8, 4) is 11.1 Å². The number of esters is 1. The van der Waals surface area contributed by atoms with Crippen molar-refractivity contribution in [2.45, 2.75) is 44.2 Å². The number of ether oxygens (including phenoxy) is 2. The third-order valence-electron chi connectivity index (χ3n) is 8.41. The first-order chi connectivity index (χ1) is 23.9. The first-order valence-electron chi connectivity index (χ1n) is 16.6. The zero-order valence-electron chi connectivity index (χ0n) is 27.7. The van der Waals surface area contributed by atoms with Crippen LogP contribution >= 0.6 is 0 Å².